The number of piperidine rings is 1. The van der Waals surface area contributed by atoms with Gasteiger partial charge in [0.15, 0.2) is 0 Å². The maximum atomic E-state index is 13.0. The number of nitrogens with zero attached hydrogens (tertiary/aromatic N) is 1. The number of hydrogen-bond donors (Lipinski definition) is 2. The fourth-order valence-electron chi connectivity index (χ4n) is 3.22. The number of methoxy groups -OCH3 is 1. The lowest BCUT2D eigenvalue weighted by Crippen LogP contribution is -2.40. The Kier molecular flexibility index (Phi) is 10.2. The van der Waals surface area contributed by atoms with Gasteiger partial charge in [0.1, 0.15) is 5.75 Å². The van der Waals surface area contributed by atoms with Crippen molar-refractivity contribution in [2.75, 3.05) is 33.3 Å². The third-order valence-corrected chi connectivity index (χ3v) is 6.84. The maximum Gasteiger partial charge on any atom is 0.243 e. The summed E-state index contributed by atoms with van der Waals surface area (Å²) in [5, 5.41) is 6.11. The summed E-state index contributed by atoms with van der Waals surface area (Å²) in [4.78, 5) is 11.8. The van der Waals surface area contributed by atoms with Gasteiger partial charge in [-0.3, -0.25) is 4.79 Å². The molecular weight excluding hydrogens is 402 g/mol. The van der Waals surface area contributed by atoms with E-state index in [1.807, 2.05) is 0 Å². The monoisotopic (exact) mass is 433 g/mol. The number of sulfonamides is 1. The quantitative estimate of drug-likeness (QED) is 0.623. The number of hydrogen-bond acceptors (Lipinski definition) is 5. The molecule has 1 aliphatic heterocycles. The fourth-order valence-corrected chi connectivity index (χ4v) is 4.74. The molecular formula is C19H32ClN3O4S. The second kappa shape index (κ2) is 11.6. The van der Waals surface area contributed by atoms with E-state index in [2.05, 4.69) is 17.6 Å². The fraction of sp³-hybridized carbons (Fsp3) is 0.632. The average Bonchev–Trinajstić information content (AvgIpc) is 2.70. The third-order valence-electron chi connectivity index (χ3n) is 4.94. The molecule has 1 fully saturated rings. The SMILES string of the molecule is CCNCC1CCN(S(=O)(=O)c2ccc(OC)c(CNC(=O)CC)c2)CC1.Cl. The maximum absolute atomic E-state index is 13.0. The third kappa shape index (κ3) is 6.34. The van der Waals surface area contributed by atoms with Gasteiger partial charge in [-0.15, -0.1) is 12.4 Å². The molecule has 1 aromatic carbocycles. The Morgan fingerprint density at radius 1 is 1.25 bits per heavy atom. The molecule has 2 rings (SSSR count). The van der Waals surface area contributed by atoms with Crippen LogP contribution in [0.2, 0.25) is 0 Å². The normalized spacial score (nSPS) is 15.7. The van der Waals surface area contributed by atoms with Crippen LogP contribution in [0.3, 0.4) is 0 Å². The van der Waals surface area contributed by atoms with Gasteiger partial charge in [0.05, 0.1) is 12.0 Å². The summed E-state index contributed by atoms with van der Waals surface area (Å²) in [5.41, 5.74) is 0.655. The largest absolute Gasteiger partial charge is 0.496 e. The lowest BCUT2D eigenvalue weighted by atomic mass is 9.98. The molecule has 1 aliphatic rings. The minimum absolute atomic E-state index is 0. The first-order valence-corrected chi connectivity index (χ1v) is 11.0. The number of benzene rings is 1. The Morgan fingerprint density at radius 2 is 1.93 bits per heavy atom. The molecule has 0 atom stereocenters. The molecule has 28 heavy (non-hydrogen) atoms. The summed E-state index contributed by atoms with van der Waals surface area (Å²) < 4.78 is 32.9. The molecule has 160 valence electrons. The highest BCUT2D eigenvalue weighted by Crippen LogP contribution is 2.27. The molecule has 1 amide bonds. The second-order valence-corrected chi connectivity index (χ2v) is 8.70. The highest BCUT2D eigenvalue weighted by Gasteiger charge is 2.29. The van der Waals surface area contributed by atoms with Crippen molar-refractivity contribution in [3.8, 4) is 5.75 Å². The zero-order valence-electron chi connectivity index (χ0n) is 16.9. The van der Waals surface area contributed by atoms with E-state index < -0.39 is 10.0 Å². The summed E-state index contributed by atoms with van der Waals surface area (Å²) in [5.74, 6) is 0.995. The van der Waals surface area contributed by atoms with E-state index in [-0.39, 0.29) is 29.8 Å². The van der Waals surface area contributed by atoms with Gasteiger partial charge in [-0.05, 0) is 50.0 Å². The number of ether oxygens (including phenoxy) is 1. The first kappa shape index (κ1) is 24.7. The Bertz CT molecular complexity index is 735. The van der Waals surface area contributed by atoms with Gasteiger partial charge in [-0.25, -0.2) is 8.42 Å². The Hall–Kier alpha value is -1.35. The zero-order chi connectivity index (χ0) is 19.9. The molecule has 1 saturated heterocycles. The molecule has 0 saturated carbocycles. The van der Waals surface area contributed by atoms with Crippen LogP contribution in [0, 0.1) is 5.92 Å². The summed E-state index contributed by atoms with van der Waals surface area (Å²) in [6, 6.07) is 4.83. The van der Waals surface area contributed by atoms with Gasteiger partial charge in [-0.2, -0.15) is 4.31 Å². The van der Waals surface area contributed by atoms with Crippen LogP contribution in [-0.4, -0.2) is 51.9 Å². The van der Waals surface area contributed by atoms with Crippen molar-refractivity contribution < 1.29 is 17.9 Å². The number of nitrogens with one attached hydrogen (secondary N) is 2. The van der Waals surface area contributed by atoms with Crippen LogP contribution in [0.15, 0.2) is 23.1 Å². The van der Waals surface area contributed by atoms with E-state index >= 15 is 0 Å². The number of rotatable bonds is 9. The lowest BCUT2D eigenvalue weighted by Gasteiger charge is -2.31. The van der Waals surface area contributed by atoms with Gasteiger partial charge < -0.3 is 15.4 Å². The van der Waals surface area contributed by atoms with Gasteiger partial charge in [0.2, 0.25) is 15.9 Å². The highest BCUT2D eigenvalue weighted by molar-refractivity contribution is 7.89. The highest BCUT2D eigenvalue weighted by atomic mass is 35.5. The number of amides is 1. The van der Waals surface area contributed by atoms with Gasteiger partial charge >= 0.3 is 0 Å². The minimum atomic E-state index is -3.55. The number of carbonyl (C=O) groups is 1. The van der Waals surface area contributed by atoms with Crippen molar-refractivity contribution in [3.63, 3.8) is 0 Å². The molecule has 0 bridgehead atoms. The van der Waals surface area contributed by atoms with E-state index in [4.69, 9.17) is 4.74 Å². The smallest absolute Gasteiger partial charge is 0.243 e. The van der Waals surface area contributed by atoms with E-state index in [0.717, 1.165) is 25.9 Å². The minimum Gasteiger partial charge on any atom is -0.496 e. The lowest BCUT2D eigenvalue weighted by molar-refractivity contribution is -0.120. The summed E-state index contributed by atoms with van der Waals surface area (Å²) in [7, 11) is -2.02. The Morgan fingerprint density at radius 3 is 2.50 bits per heavy atom. The van der Waals surface area contributed by atoms with Crippen LogP contribution in [0.5, 0.6) is 5.75 Å². The second-order valence-electron chi connectivity index (χ2n) is 6.76. The number of carbonyl (C=O) groups excluding carboxylic acids is 1. The van der Waals surface area contributed by atoms with E-state index in [9.17, 15) is 13.2 Å². The van der Waals surface area contributed by atoms with Gasteiger partial charge in [0, 0.05) is 31.6 Å². The molecule has 2 N–H and O–H groups in total. The molecule has 9 heteroatoms. The topological polar surface area (TPSA) is 87.7 Å². The molecule has 0 spiro atoms. The summed E-state index contributed by atoms with van der Waals surface area (Å²) in [6.07, 6.45) is 2.10. The molecule has 7 nitrogen and oxygen atoms in total. The van der Waals surface area contributed by atoms with Crippen molar-refractivity contribution in [3.05, 3.63) is 23.8 Å². The predicted octanol–water partition coefficient (Wildman–Crippen LogP) is 2.15. The van der Waals surface area contributed by atoms with E-state index in [1.165, 1.54) is 7.11 Å². The standard InChI is InChI=1S/C19H31N3O4S.ClH/c1-4-19(23)21-14-16-12-17(6-7-18(16)26-3)27(24,25)22-10-8-15(9-11-22)13-20-5-2;/h6-7,12,15,20H,4-5,8-11,13-14H2,1-3H3,(H,21,23);1H. The van der Waals surface area contributed by atoms with Crippen molar-refractivity contribution in [2.24, 2.45) is 5.92 Å². The molecule has 1 aromatic rings. The van der Waals surface area contributed by atoms with Crippen LogP contribution < -0.4 is 15.4 Å². The molecule has 0 unspecified atom stereocenters. The van der Waals surface area contributed by atoms with Crippen LogP contribution in [0.1, 0.15) is 38.7 Å². The summed E-state index contributed by atoms with van der Waals surface area (Å²) >= 11 is 0. The Balaban J connectivity index is 0.00000392. The molecule has 0 radical (unpaired) electrons. The van der Waals surface area contributed by atoms with Crippen molar-refractivity contribution in [2.45, 2.75) is 44.6 Å². The van der Waals surface area contributed by atoms with Crippen molar-refractivity contribution in [1.82, 2.24) is 14.9 Å². The first-order chi connectivity index (χ1) is 12.9. The van der Waals surface area contributed by atoms with Crippen LogP contribution in [-0.2, 0) is 21.4 Å². The average molecular weight is 434 g/mol. The van der Waals surface area contributed by atoms with Gasteiger partial charge in [0.25, 0.3) is 0 Å². The van der Waals surface area contributed by atoms with Crippen molar-refractivity contribution >= 4 is 28.3 Å². The van der Waals surface area contributed by atoms with Crippen LogP contribution in [0.4, 0.5) is 0 Å². The van der Waals surface area contributed by atoms with Crippen LogP contribution in [0.25, 0.3) is 0 Å². The van der Waals surface area contributed by atoms with Gasteiger partial charge in [-0.1, -0.05) is 13.8 Å². The zero-order valence-corrected chi connectivity index (χ0v) is 18.5. The number of halogens is 1. The van der Waals surface area contributed by atoms with Crippen LogP contribution >= 0.6 is 12.4 Å². The summed E-state index contributed by atoms with van der Waals surface area (Å²) in [6.45, 7) is 7.02. The Labute approximate surface area is 174 Å². The molecule has 0 aliphatic carbocycles. The first-order valence-electron chi connectivity index (χ1n) is 9.56. The molecule has 0 aromatic heterocycles. The van der Waals surface area contributed by atoms with Crippen molar-refractivity contribution in [1.29, 1.82) is 0 Å². The predicted molar refractivity (Wildman–Crippen MR) is 112 cm³/mol. The molecule has 1 heterocycles. The van der Waals surface area contributed by atoms with E-state index in [0.29, 0.717) is 36.7 Å². The van der Waals surface area contributed by atoms with E-state index in [1.54, 1.807) is 29.4 Å².